The number of ether oxygens (including phenoxy) is 4. The fraction of sp³-hybridized carbons (Fsp3) is 0.385. The van der Waals surface area contributed by atoms with Crippen LogP contribution >= 0.6 is 0 Å². The van der Waals surface area contributed by atoms with Crippen molar-refractivity contribution in [3.05, 3.63) is 70.7 Å². The van der Waals surface area contributed by atoms with E-state index in [4.69, 9.17) is 25.4 Å². The number of rotatable bonds is 9. The van der Waals surface area contributed by atoms with Gasteiger partial charge in [0.05, 0.1) is 29.8 Å². The molecular formula is C39H37F4N6O5Pr-. The molecule has 2 unspecified atom stereocenters. The van der Waals surface area contributed by atoms with Gasteiger partial charge in [0.25, 0.3) is 0 Å². The third kappa shape index (κ3) is 8.04. The first-order valence-electron chi connectivity index (χ1n) is 17.3. The van der Waals surface area contributed by atoms with Crippen molar-refractivity contribution in [2.24, 2.45) is 0 Å². The first kappa shape index (κ1) is 40.4. The van der Waals surface area contributed by atoms with Gasteiger partial charge in [0.1, 0.15) is 36.0 Å². The molecule has 2 atom stereocenters. The van der Waals surface area contributed by atoms with Crippen molar-refractivity contribution in [1.82, 2.24) is 25.1 Å². The number of halogens is 4. The minimum Gasteiger partial charge on any atom is -0.581 e. The first-order chi connectivity index (χ1) is 25.7. The number of carbonyl (C=O) groups is 1. The van der Waals surface area contributed by atoms with Crippen LogP contribution in [0, 0.1) is 66.4 Å². The second-order valence-corrected chi connectivity index (χ2v) is 14.3. The summed E-state index contributed by atoms with van der Waals surface area (Å²) in [6.45, 7) is 7.30. The summed E-state index contributed by atoms with van der Waals surface area (Å²) in [5.41, 5.74) is -1.08. The van der Waals surface area contributed by atoms with Crippen molar-refractivity contribution in [2.45, 2.75) is 64.6 Å². The Labute approximate surface area is 348 Å². The van der Waals surface area contributed by atoms with Crippen LogP contribution in [-0.2, 0) is 22.3 Å². The van der Waals surface area contributed by atoms with Gasteiger partial charge >= 0.3 is 18.3 Å². The van der Waals surface area contributed by atoms with Gasteiger partial charge in [-0.1, -0.05) is 18.1 Å². The SMILES string of the molecule is C#Cc1ccc(COc2c(-c3c(C)c(F)cc4n[n-]cc34)c(C(F)(F)F)cc3c(N4CC5CC4CN5C(=O)OC(C)(C)C)nc(OCCOC)nc23)cc1.[Pr]. The van der Waals surface area contributed by atoms with E-state index in [0.717, 1.165) is 12.1 Å². The molecule has 2 aliphatic rings. The second-order valence-electron chi connectivity index (χ2n) is 14.3. The number of hydrogen-bond donors (Lipinski definition) is 0. The van der Waals surface area contributed by atoms with Crippen molar-refractivity contribution in [3.63, 3.8) is 0 Å². The Balaban J connectivity index is 0.00000514. The van der Waals surface area contributed by atoms with E-state index in [0.29, 0.717) is 17.5 Å². The maximum Gasteiger partial charge on any atom is 0.417 e. The summed E-state index contributed by atoms with van der Waals surface area (Å²) in [4.78, 5) is 25.9. The van der Waals surface area contributed by atoms with Gasteiger partial charge in [0.2, 0.25) is 0 Å². The Morgan fingerprint density at radius 1 is 1.02 bits per heavy atom. The van der Waals surface area contributed by atoms with Crippen LogP contribution in [0.2, 0.25) is 0 Å². The standard InChI is InChI=1S/C39H37F4N6O5.Pr/c1-7-22-8-10-23(11-9-22)20-53-34-32(31-21(2)29(40)16-30-27(31)17-44-47-30)28(39(41,42)43)15-26-33(34)45-36(52-13-12-51-6)46-35(26)48-18-25-14-24(48)19-49(25)37(50)54-38(3,4)5;/h1,8-11,15-17,24-25H,12-14,18-20H2,2-6H3;/q-1;. The number of methoxy groups -OCH3 is 1. The number of carbonyl (C=O) groups excluding carboxylic acids is 1. The van der Waals surface area contributed by atoms with Gasteiger partial charge in [-0.2, -0.15) is 29.3 Å². The summed E-state index contributed by atoms with van der Waals surface area (Å²) in [6, 6.07) is 8.19. The molecule has 7 rings (SSSR count). The zero-order chi connectivity index (χ0) is 38.5. The van der Waals surface area contributed by atoms with E-state index < -0.39 is 34.8 Å². The van der Waals surface area contributed by atoms with Gasteiger partial charge in [0.15, 0.2) is 5.75 Å². The van der Waals surface area contributed by atoms with Crippen LogP contribution < -0.4 is 19.5 Å². The average Bonchev–Trinajstić information content (AvgIpc) is 3.87. The number of nitrogens with zero attached hydrogens (tertiary/aromatic N) is 6. The van der Waals surface area contributed by atoms with E-state index in [9.17, 15) is 4.79 Å². The summed E-state index contributed by atoms with van der Waals surface area (Å²) in [5, 5.41) is 8.07. The first-order valence-corrected chi connectivity index (χ1v) is 17.3. The number of likely N-dealkylation sites (tertiary alicyclic amines) is 1. The van der Waals surface area contributed by atoms with Crippen LogP contribution in [0.25, 0.3) is 32.9 Å². The van der Waals surface area contributed by atoms with E-state index in [1.54, 1.807) is 49.9 Å². The minimum absolute atomic E-state index is 0. The van der Waals surface area contributed by atoms with E-state index in [2.05, 4.69) is 26.1 Å². The quantitative estimate of drug-likeness (QED) is 0.0868. The summed E-state index contributed by atoms with van der Waals surface area (Å²) < 4.78 is 85.2. The molecule has 0 saturated carbocycles. The van der Waals surface area contributed by atoms with Gasteiger partial charge in [-0.3, -0.25) is 0 Å². The van der Waals surface area contributed by atoms with Crippen molar-refractivity contribution in [1.29, 1.82) is 0 Å². The second kappa shape index (κ2) is 15.7. The molecule has 2 aliphatic heterocycles. The number of anilines is 1. The van der Waals surface area contributed by atoms with Gasteiger partial charge in [-0.05, 0) is 80.5 Å². The Hall–Kier alpha value is -4.26. The average molecular weight is 887 g/mol. The van der Waals surface area contributed by atoms with E-state index >= 15 is 17.6 Å². The Morgan fingerprint density at radius 3 is 2.40 bits per heavy atom. The molecule has 0 aliphatic carbocycles. The molecule has 1 radical (unpaired) electrons. The monoisotopic (exact) mass is 886 g/mol. The smallest absolute Gasteiger partial charge is 0.417 e. The van der Waals surface area contributed by atoms with Crippen molar-refractivity contribution in [2.75, 3.05) is 38.3 Å². The van der Waals surface area contributed by atoms with E-state index in [-0.39, 0.29) is 137 Å². The van der Waals surface area contributed by atoms with Gasteiger partial charge in [-0.25, -0.2) is 9.18 Å². The molecule has 285 valence electrons. The molecule has 2 fully saturated rings. The molecule has 2 aromatic heterocycles. The summed E-state index contributed by atoms with van der Waals surface area (Å²) in [6.07, 6.45) is 1.95. The van der Waals surface area contributed by atoms with Crippen LogP contribution in [0.5, 0.6) is 11.8 Å². The molecule has 3 aromatic carbocycles. The van der Waals surface area contributed by atoms with Crippen molar-refractivity contribution >= 4 is 33.7 Å². The maximum absolute atomic E-state index is 15.5. The maximum atomic E-state index is 15.5. The van der Waals surface area contributed by atoms with Crippen LogP contribution in [0.4, 0.5) is 28.2 Å². The van der Waals surface area contributed by atoms with E-state index in [1.807, 2.05) is 4.90 Å². The number of hydrogen-bond acceptors (Lipinski definition) is 9. The third-order valence-electron chi connectivity index (χ3n) is 9.52. The molecule has 2 bridgehead atoms. The number of fused-ring (bicyclic) bond motifs is 4. The fourth-order valence-electron chi connectivity index (χ4n) is 7.08. The third-order valence-corrected chi connectivity index (χ3v) is 9.52. The molecule has 2 saturated heterocycles. The topological polar surface area (TPSA) is 113 Å². The number of aromatic nitrogens is 4. The normalized spacial score (nSPS) is 16.7. The minimum atomic E-state index is -4.96. The van der Waals surface area contributed by atoms with Crippen LogP contribution in [0.3, 0.4) is 0 Å². The Kier molecular flexibility index (Phi) is 11.5. The van der Waals surface area contributed by atoms with Crippen molar-refractivity contribution < 1.29 is 82.6 Å². The number of alkyl halides is 3. The van der Waals surface area contributed by atoms with Crippen LogP contribution in [0.1, 0.15) is 49.4 Å². The molecule has 4 heterocycles. The van der Waals surface area contributed by atoms with Gasteiger partial charge in [0, 0.05) is 78.0 Å². The molecule has 11 nitrogen and oxygen atoms in total. The zero-order valence-corrected chi connectivity index (χ0v) is 34.5. The summed E-state index contributed by atoms with van der Waals surface area (Å²) in [5.74, 6) is 1.67. The molecule has 0 N–H and O–H groups in total. The summed E-state index contributed by atoms with van der Waals surface area (Å²) >= 11 is 0. The molecule has 1 amide bonds. The Morgan fingerprint density at radius 2 is 1.76 bits per heavy atom. The summed E-state index contributed by atoms with van der Waals surface area (Å²) in [7, 11) is 1.50. The molecule has 55 heavy (non-hydrogen) atoms. The largest absolute Gasteiger partial charge is 0.581 e. The molecule has 5 aromatic rings. The van der Waals surface area contributed by atoms with Gasteiger partial charge < -0.3 is 38.9 Å². The van der Waals surface area contributed by atoms with Gasteiger partial charge in [-0.15, -0.1) is 6.42 Å². The number of terminal acetylenes is 1. The predicted molar refractivity (Wildman–Crippen MR) is 192 cm³/mol. The predicted octanol–water partition coefficient (Wildman–Crippen LogP) is 7.05. The van der Waals surface area contributed by atoms with Crippen LogP contribution in [-0.4, -0.2) is 77.2 Å². The van der Waals surface area contributed by atoms with Crippen molar-refractivity contribution in [3.8, 4) is 35.2 Å². The zero-order valence-electron chi connectivity index (χ0n) is 30.8. The number of benzene rings is 3. The molecular weight excluding hydrogens is 849 g/mol. The van der Waals surface area contributed by atoms with E-state index in [1.165, 1.54) is 20.2 Å². The molecule has 16 heteroatoms. The number of amides is 1. The fourth-order valence-corrected chi connectivity index (χ4v) is 7.08. The molecule has 0 spiro atoms. The van der Waals surface area contributed by atoms with Crippen LogP contribution in [0.15, 0.2) is 42.6 Å². The Bertz CT molecular complexity index is 2290. The number of piperazine rings is 1.